The molecule has 1 aliphatic rings. The lowest BCUT2D eigenvalue weighted by Crippen LogP contribution is -2.35. The van der Waals surface area contributed by atoms with Crippen molar-refractivity contribution in [1.29, 1.82) is 0 Å². The number of carbonyl (C=O) groups excluding carboxylic acids is 1. The topological polar surface area (TPSA) is 49.6 Å². The summed E-state index contributed by atoms with van der Waals surface area (Å²) in [4.78, 5) is 16.2. The number of amides is 1. The molecule has 1 aromatic rings. The van der Waals surface area contributed by atoms with Gasteiger partial charge in [-0.15, -0.1) is 0 Å². The van der Waals surface area contributed by atoms with E-state index in [0.717, 1.165) is 0 Å². The highest BCUT2D eigenvalue weighted by molar-refractivity contribution is 5.94. The molecule has 1 aromatic carbocycles. The molecule has 19 heavy (non-hydrogen) atoms. The van der Waals surface area contributed by atoms with Crippen LogP contribution in [-0.4, -0.2) is 48.9 Å². The highest BCUT2D eigenvalue weighted by Crippen LogP contribution is 2.22. The largest absolute Gasteiger partial charge is 0.396 e. The number of nitrogens with two attached hydrogens (primary N) is 1. The molecule has 1 fully saturated rings. The van der Waals surface area contributed by atoms with Crippen molar-refractivity contribution in [2.45, 2.75) is 13.0 Å². The van der Waals surface area contributed by atoms with E-state index in [-0.39, 0.29) is 11.6 Å². The van der Waals surface area contributed by atoms with Crippen molar-refractivity contribution in [2.75, 3.05) is 32.9 Å². The number of benzene rings is 1. The summed E-state index contributed by atoms with van der Waals surface area (Å²) in [6.07, 6.45) is 0. The minimum atomic E-state index is -0.540. The molecule has 1 saturated heterocycles. The molecule has 2 rings (SSSR count). The Morgan fingerprint density at radius 1 is 1.42 bits per heavy atom. The number of nitrogens with zero attached hydrogens (tertiary/aromatic N) is 2. The van der Waals surface area contributed by atoms with Gasteiger partial charge >= 0.3 is 0 Å². The minimum Gasteiger partial charge on any atom is -0.396 e. The van der Waals surface area contributed by atoms with Crippen LogP contribution in [0.2, 0.25) is 0 Å². The number of hydrogen-bond donors (Lipinski definition) is 1. The van der Waals surface area contributed by atoms with Gasteiger partial charge in [-0.05, 0) is 38.2 Å². The molecule has 1 heterocycles. The first kappa shape index (κ1) is 13.8. The van der Waals surface area contributed by atoms with Gasteiger partial charge in [0.15, 0.2) is 0 Å². The molecule has 0 spiro atoms. The van der Waals surface area contributed by atoms with Crippen molar-refractivity contribution in [3.05, 3.63) is 29.6 Å². The molecule has 2 atom stereocenters. The van der Waals surface area contributed by atoms with Crippen molar-refractivity contribution >= 4 is 11.6 Å². The van der Waals surface area contributed by atoms with Crippen molar-refractivity contribution in [3.8, 4) is 0 Å². The summed E-state index contributed by atoms with van der Waals surface area (Å²) in [6, 6.07) is 4.58. The molecule has 2 unspecified atom stereocenters. The zero-order valence-electron chi connectivity index (χ0n) is 11.6. The zero-order chi connectivity index (χ0) is 14.2. The average Bonchev–Trinajstić information content (AvgIpc) is 2.74. The molecule has 0 aliphatic carbocycles. The number of rotatable bonds is 2. The summed E-state index contributed by atoms with van der Waals surface area (Å²) in [5, 5.41) is 0. The second-order valence-electron chi connectivity index (χ2n) is 5.45. The number of anilines is 1. The molecule has 0 radical (unpaired) electrons. The van der Waals surface area contributed by atoms with Crippen LogP contribution >= 0.6 is 0 Å². The molecular weight excluding hydrogens is 245 g/mol. The molecule has 104 valence electrons. The monoisotopic (exact) mass is 265 g/mol. The fraction of sp³-hybridized carbons (Fsp3) is 0.500. The number of halogens is 1. The van der Waals surface area contributed by atoms with E-state index in [1.54, 1.807) is 11.0 Å². The number of likely N-dealkylation sites (tertiary alicyclic amines) is 1. The molecule has 0 saturated carbocycles. The van der Waals surface area contributed by atoms with Crippen LogP contribution in [0.5, 0.6) is 0 Å². The fourth-order valence-electron chi connectivity index (χ4n) is 2.63. The quantitative estimate of drug-likeness (QED) is 0.823. The summed E-state index contributed by atoms with van der Waals surface area (Å²) in [5.41, 5.74) is 5.85. The van der Waals surface area contributed by atoms with Crippen molar-refractivity contribution in [2.24, 2.45) is 5.92 Å². The third-order valence-corrected chi connectivity index (χ3v) is 3.77. The van der Waals surface area contributed by atoms with E-state index in [9.17, 15) is 9.18 Å². The number of nitrogen functional groups attached to an aromatic ring is 1. The van der Waals surface area contributed by atoms with Gasteiger partial charge in [0.25, 0.3) is 5.91 Å². The standard InChI is InChI=1S/C14H20FN3O/c1-9-7-18(8-13(9)17(2)3)14(19)10-4-5-12(16)11(15)6-10/h4-6,9,13H,7-8,16H2,1-3H3. The van der Waals surface area contributed by atoms with Gasteiger partial charge in [0.05, 0.1) is 5.69 Å². The first-order valence-corrected chi connectivity index (χ1v) is 6.41. The maximum absolute atomic E-state index is 13.4. The first-order valence-electron chi connectivity index (χ1n) is 6.41. The molecule has 1 amide bonds. The van der Waals surface area contributed by atoms with E-state index in [1.165, 1.54) is 12.1 Å². The van der Waals surface area contributed by atoms with Crippen LogP contribution in [-0.2, 0) is 0 Å². The molecule has 0 aromatic heterocycles. The fourth-order valence-corrected chi connectivity index (χ4v) is 2.63. The Morgan fingerprint density at radius 3 is 2.63 bits per heavy atom. The van der Waals surface area contributed by atoms with Crippen LogP contribution in [0.3, 0.4) is 0 Å². The number of likely N-dealkylation sites (N-methyl/N-ethyl adjacent to an activating group) is 1. The van der Waals surface area contributed by atoms with Crippen LogP contribution in [0.1, 0.15) is 17.3 Å². The zero-order valence-corrected chi connectivity index (χ0v) is 11.6. The maximum Gasteiger partial charge on any atom is 0.254 e. The maximum atomic E-state index is 13.4. The molecule has 4 nitrogen and oxygen atoms in total. The van der Waals surface area contributed by atoms with Gasteiger partial charge in [-0.2, -0.15) is 0 Å². The van der Waals surface area contributed by atoms with Crippen LogP contribution in [0.25, 0.3) is 0 Å². The van der Waals surface area contributed by atoms with E-state index < -0.39 is 5.82 Å². The lowest BCUT2D eigenvalue weighted by atomic mass is 10.1. The van der Waals surface area contributed by atoms with Crippen molar-refractivity contribution in [1.82, 2.24) is 9.80 Å². The molecule has 5 heteroatoms. The van der Waals surface area contributed by atoms with Crippen LogP contribution in [0, 0.1) is 11.7 Å². The van der Waals surface area contributed by atoms with Gasteiger partial charge in [0, 0.05) is 24.7 Å². The highest BCUT2D eigenvalue weighted by Gasteiger charge is 2.34. The molecule has 2 N–H and O–H groups in total. The van der Waals surface area contributed by atoms with Gasteiger partial charge in [-0.3, -0.25) is 4.79 Å². The van der Waals surface area contributed by atoms with Crippen molar-refractivity contribution in [3.63, 3.8) is 0 Å². The lowest BCUT2D eigenvalue weighted by molar-refractivity contribution is 0.0781. The summed E-state index contributed by atoms with van der Waals surface area (Å²) in [5.74, 6) is -0.255. The minimum absolute atomic E-state index is 0.0671. The lowest BCUT2D eigenvalue weighted by Gasteiger charge is -2.22. The van der Waals surface area contributed by atoms with Crippen LogP contribution < -0.4 is 5.73 Å². The molecular formula is C14H20FN3O. The van der Waals surface area contributed by atoms with Gasteiger partial charge in [-0.25, -0.2) is 4.39 Å². The number of hydrogen-bond acceptors (Lipinski definition) is 3. The number of carbonyl (C=O) groups is 1. The summed E-state index contributed by atoms with van der Waals surface area (Å²) < 4.78 is 13.4. The van der Waals surface area contributed by atoms with E-state index in [4.69, 9.17) is 5.73 Å². The average molecular weight is 265 g/mol. The van der Waals surface area contributed by atoms with Gasteiger partial charge in [-0.1, -0.05) is 6.92 Å². The Morgan fingerprint density at radius 2 is 2.11 bits per heavy atom. The van der Waals surface area contributed by atoms with E-state index in [2.05, 4.69) is 11.8 Å². The second-order valence-corrected chi connectivity index (χ2v) is 5.45. The van der Waals surface area contributed by atoms with Gasteiger partial charge < -0.3 is 15.5 Å². The van der Waals surface area contributed by atoms with Crippen LogP contribution in [0.15, 0.2) is 18.2 Å². The van der Waals surface area contributed by atoms with E-state index in [0.29, 0.717) is 30.6 Å². The third kappa shape index (κ3) is 2.71. The Balaban J connectivity index is 2.15. The summed E-state index contributed by atoms with van der Waals surface area (Å²) in [7, 11) is 4.02. The smallest absolute Gasteiger partial charge is 0.254 e. The summed E-state index contributed by atoms with van der Waals surface area (Å²) >= 11 is 0. The molecule has 1 aliphatic heterocycles. The van der Waals surface area contributed by atoms with Crippen molar-refractivity contribution < 1.29 is 9.18 Å². The second kappa shape index (κ2) is 5.17. The Hall–Kier alpha value is -1.62. The predicted molar refractivity (Wildman–Crippen MR) is 73.4 cm³/mol. The summed E-state index contributed by atoms with van der Waals surface area (Å²) in [6.45, 7) is 3.51. The van der Waals surface area contributed by atoms with E-state index >= 15 is 0 Å². The van der Waals surface area contributed by atoms with Gasteiger partial charge in [0.2, 0.25) is 0 Å². The Bertz CT molecular complexity index is 490. The molecule has 0 bridgehead atoms. The Kier molecular flexibility index (Phi) is 3.75. The third-order valence-electron chi connectivity index (χ3n) is 3.77. The Labute approximate surface area is 113 Å². The van der Waals surface area contributed by atoms with E-state index in [1.807, 2.05) is 14.1 Å². The SMILES string of the molecule is CC1CN(C(=O)c2ccc(N)c(F)c2)CC1N(C)C. The van der Waals surface area contributed by atoms with Crippen LogP contribution in [0.4, 0.5) is 10.1 Å². The first-order chi connectivity index (χ1) is 8.90. The van der Waals surface area contributed by atoms with Gasteiger partial charge in [0.1, 0.15) is 5.82 Å². The predicted octanol–water partition coefficient (Wildman–Crippen LogP) is 1.43. The highest BCUT2D eigenvalue weighted by atomic mass is 19.1. The normalized spacial score (nSPS) is 23.1.